The fraction of sp³-hybridized carbons (Fsp3) is 0.188. The Kier molecular flexibility index (Phi) is 3.29. The zero-order valence-electron chi connectivity index (χ0n) is 10.6. The van der Waals surface area contributed by atoms with Gasteiger partial charge in [0, 0.05) is 13.0 Å². The maximum atomic E-state index is 11.7. The maximum Gasteiger partial charge on any atom is 0.236 e. The number of hydrogen-bond donors (Lipinski definition) is 1. The van der Waals surface area contributed by atoms with Gasteiger partial charge in [0.1, 0.15) is 0 Å². The van der Waals surface area contributed by atoms with E-state index >= 15 is 0 Å². The molecule has 3 heteroatoms. The Morgan fingerprint density at radius 3 is 2.32 bits per heavy atom. The zero-order chi connectivity index (χ0) is 13.1. The fourth-order valence-electron chi connectivity index (χ4n) is 2.47. The average Bonchev–Trinajstić information content (AvgIpc) is 2.82. The minimum Gasteiger partial charge on any atom is -0.288 e. The van der Waals surface area contributed by atoms with Crippen molar-refractivity contribution in [3.63, 3.8) is 0 Å². The van der Waals surface area contributed by atoms with Gasteiger partial charge in [-0.05, 0) is 11.1 Å². The summed E-state index contributed by atoms with van der Waals surface area (Å²) in [6, 6.07) is 20.5. The van der Waals surface area contributed by atoms with E-state index in [1.165, 1.54) is 11.1 Å². The number of amides is 1. The minimum absolute atomic E-state index is 0.0878. The van der Waals surface area contributed by atoms with E-state index in [-0.39, 0.29) is 11.9 Å². The number of carbonyl (C=O) groups is 1. The smallest absolute Gasteiger partial charge is 0.236 e. The monoisotopic (exact) mass is 252 g/mol. The van der Waals surface area contributed by atoms with Gasteiger partial charge in [0.2, 0.25) is 5.91 Å². The summed E-state index contributed by atoms with van der Waals surface area (Å²) in [5.74, 6) is 0.0878. The highest BCUT2D eigenvalue weighted by molar-refractivity contribution is 5.78. The molecule has 1 atom stereocenters. The number of rotatable bonds is 3. The Bertz CT molecular complexity index is 553. The molecular weight excluding hydrogens is 236 g/mol. The van der Waals surface area contributed by atoms with Crippen LogP contribution in [-0.4, -0.2) is 10.9 Å². The lowest BCUT2D eigenvalue weighted by Crippen LogP contribution is -2.34. The van der Waals surface area contributed by atoms with Gasteiger partial charge in [-0.3, -0.25) is 10.2 Å². The third-order valence-corrected chi connectivity index (χ3v) is 3.40. The SMILES string of the molecule is O=C1C[C@H](c2ccccc2)N(Cc2ccccc2)N1. The molecule has 0 bridgehead atoms. The summed E-state index contributed by atoms with van der Waals surface area (Å²) >= 11 is 0. The minimum atomic E-state index is 0.0878. The van der Waals surface area contributed by atoms with Crippen LogP contribution < -0.4 is 5.43 Å². The first kappa shape index (κ1) is 11.9. The topological polar surface area (TPSA) is 32.3 Å². The largest absolute Gasteiger partial charge is 0.288 e. The summed E-state index contributed by atoms with van der Waals surface area (Å²) in [5.41, 5.74) is 5.32. The van der Waals surface area contributed by atoms with Gasteiger partial charge in [0.15, 0.2) is 0 Å². The molecule has 19 heavy (non-hydrogen) atoms. The van der Waals surface area contributed by atoms with Crippen LogP contribution in [0.4, 0.5) is 0 Å². The Hall–Kier alpha value is -2.13. The summed E-state index contributed by atoms with van der Waals surface area (Å²) in [6.07, 6.45) is 0.525. The Morgan fingerprint density at radius 1 is 1.00 bits per heavy atom. The number of hydrazine groups is 1. The van der Waals surface area contributed by atoms with Crippen molar-refractivity contribution in [3.05, 3.63) is 71.8 Å². The Balaban J connectivity index is 1.81. The third-order valence-electron chi connectivity index (χ3n) is 3.40. The van der Waals surface area contributed by atoms with E-state index in [4.69, 9.17) is 0 Å². The molecule has 0 unspecified atom stereocenters. The molecule has 3 rings (SSSR count). The van der Waals surface area contributed by atoms with Crippen LogP contribution in [0.25, 0.3) is 0 Å². The standard InChI is InChI=1S/C16H16N2O/c19-16-11-15(14-9-5-2-6-10-14)18(17-16)12-13-7-3-1-4-8-13/h1-10,15H,11-12H2,(H,17,19)/t15-/m1/s1. The van der Waals surface area contributed by atoms with Crippen molar-refractivity contribution in [1.82, 2.24) is 10.4 Å². The van der Waals surface area contributed by atoms with Crippen molar-refractivity contribution < 1.29 is 4.79 Å². The quantitative estimate of drug-likeness (QED) is 0.910. The van der Waals surface area contributed by atoms with E-state index in [1.54, 1.807) is 0 Å². The van der Waals surface area contributed by atoms with Gasteiger partial charge in [0.05, 0.1) is 6.04 Å². The highest BCUT2D eigenvalue weighted by Gasteiger charge is 2.31. The summed E-state index contributed by atoms with van der Waals surface area (Å²) in [4.78, 5) is 11.7. The molecule has 1 amide bonds. The van der Waals surface area contributed by atoms with E-state index in [2.05, 4.69) is 29.7 Å². The van der Waals surface area contributed by atoms with Crippen LogP contribution in [-0.2, 0) is 11.3 Å². The van der Waals surface area contributed by atoms with Crippen molar-refractivity contribution in [2.75, 3.05) is 0 Å². The molecule has 0 saturated carbocycles. The lowest BCUT2D eigenvalue weighted by molar-refractivity contribution is -0.121. The van der Waals surface area contributed by atoms with Crippen molar-refractivity contribution in [1.29, 1.82) is 0 Å². The van der Waals surface area contributed by atoms with Crippen LogP contribution in [0.15, 0.2) is 60.7 Å². The molecule has 0 aromatic heterocycles. The molecule has 0 aliphatic carbocycles. The molecule has 1 N–H and O–H groups in total. The number of hydrogen-bond acceptors (Lipinski definition) is 2. The summed E-state index contributed by atoms with van der Waals surface area (Å²) < 4.78 is 0. The van der Waals surface area contributed by atoms with Crippen molar-refractivity contribution in [2.45, 2.75) is 19.0 Å². The van der Waals surface area contributed by atoms with Crippen LogP contribution in [0.2, 0.25) is 0 Å². The van der Waals surface area contributed by atoms with E-state index in [0.29, 0.717) is 6.42 Å². The lowest BCUT2D eigenvalue weighted by Gasteiger charge is -2.23. The van der Waals surface area contributed by atoms with Crippen molar-refractivity contribution in [2.24, 2.45) is 0 Å². The van der Waals surface area contributed by atoms with Crippen LogP contribution in [0.3, 0.4) is 0 Å². The highest BCUT2D eigenvalue weighted by Crippen LogP contribution is 2.28. The molecular formula is C16H16N2O. The molecule has 1 heterocycles. The van der Waals surface area contributed by atoms with Gasteiger partial charge in [-0.2, -0.15) is 0 Å². The van der Waals surface area contributed by atoms with Crippen LogP contribution >= 0.6 is 0 Å². The van der Waals surface area contributed by atoms with Gasteiger partial charge < -0.3 is 0 Å². The van der Waals surface area contributed by atoms with Crippen LogP contribution in [0.1, 0.15) is 23.6 Å². The molecule has 1 aliphatic rings. The first-order chi connectivity index (χ1) is 9.33. The Labute approximate surface area is 112 Å². The van der Waals surface area contributed by atoms with E-state index < -0.39 is 0 Å². The van der Waals surface area contributed by atoms with Crippen LogP contribution in [0, 0.1) is 0 Å². The first-order valence-corrected chi connectivity index (χ1v) is 6.48. The second-order valence-corrected chi connectivity index (χ2v) is 4.78. The second-order valence-electron chi connectivity index (χ2n) is 4.78. The predicted octanol–water partition coefficient (Wildman–Crippen LogP) is 2.66. The lowest BCUT2D eigenvalue weighted by atomic mass is 10.0. The fourth-order valence-corrected chi connectivity index (χ4v) is 2.47. The molecule has 1 saturated heterocycles. The number of carbonyl (C=O) groups excluding carboxylic acids is 1. The Morgan fingerprint density at radius 2 is 1.63 bits per heavy atom. The van der Waals surface area contributed by atoms with E-state index in [9.17, 15) is 4.79 Å². The zero-order valence-corrected chi connectivity index (χ0v) is 10.6. The summed E-state index contributed by atoms with van der Waals surface area (Å²) in [7, 11) is 0. The van der Waals surface area contributed by atoms with Crippen molar-refractivity contribution >= 4 is 5.91 Å². The normalized spacial score (nSPS) is 19.4. The number of benzene rings is 2. The summed E-state index contributed by atoms with van der Waals surface area (Å²) in [6.45, 7) is 0.728. The first-order valence-electron chi connectivity index (χ1n) is 6.48. The van der Waals surface area contributed by atoms with Gasteiger partial charge in [0.25, 0.3) is 0 Å². The van der Waals surface area contributed by atoms with Gasteiger partial charge in [-0.15, -0.1) is 0 Å². The number of nitrogens with one attached hydrogen (secondary N) is 1. The van der Waals surface area contributed by atoms with Gasteiger partial charge in [-0.1, -0.05) is 60.7 Å². The summed E-state index contributed by atoms with van der Waals surface area (Å²) in [5, 5.41) is 2.02. The highest BCUT2D eigenvalue weighted by atomic mass is 16.2. The van der Waals surface area contributed by atoms with Gasteiger partial charge >= 0.3 is 0 Å². The number of nitrogens with zero attached hydrogens (tertiary/aromatic N) is 1. The van der Waals surface area contributed by atoms with E-state index in [0.717, 1.165) is 6.54 Å². The molecule has 2 aromatic carbocycles. The second kappa shape index (κ2) is 5.24. The molecule has 2 aromatic rings. The van der Waals surface area contributed by atoms with Gasteiger partial charge in [-0.25, -0.2) is 5.01 Å². The van der Waals surface area contributed by atoms with E-state index in [1.807, 2.05) is 41.4 Å². The molecule has 0 radical (unpaired) electrons. The van der Waals surface area contributed by atoms with Crippen molar-refractivity contribution in [3.8, 4) is 0 Å². The van der Waals surface area contributed by atoms with Crippen LogP contribution in [0.5, 0.6) is 0 Å². The predicted molar refractivity (Wildman–Crippen MR) is 73.9 cm³/mol. The molecule has 96 valence electrons. The molecule has 3 nitrogen and oxygen atoms in total. The molecule has 1 fully saturated rings. The average molecular weight is 252 g/mol. The third kappa shape index (κ3) is 2.66. The molecule has 1 aliphatic heterocycles. The maximum absolute atomic E-state index is 11.7. The molecule has 0 spiro atoms.